The summed E-state index contributed by atoms with van der Waals surface area (Å²) < 4.78 is 0. The van der Waals surface area contributed by atoms with E-state index < -0.39 is 0 Å². The van der Waals surface area contributed by atoms with Crippen LogP contribution < -0.4 is 0 Å². The van der Waals surface area contributed by atoms with Crippen molar-refractivity contribution in [2.45, 2.75) is 19.3 Å². The molecule has 0 N–H and O–H groups in total. The average molecular weight is 92.1 g/mol. The minimum absolute atomic E-state index is 1.23. The van der Waals surface area contributed by atoms with Crippen LogP contribution in [0.25, 0.3) is 0 Å². The Morgan fingerprint density at radius 3 is 1.86 bits per heavy atom. The number of rotatable bonds is 0. The Bertz CT molecular complexity index is 145. The zero-order valence-electron chi connectivity index (χ0n) is 4.33. The molecule has 0 aromatic rings. The number of hydrogen-bond acceptors (Lipinski definition) is 0. The second kappa shape index (κ2) is 0.835. The van der Waals surface area contributed by atoms with Crippen molar-refractivity contribution in [3.63, 3.8) is 0 Å². The van der Waals surface area contributed by atoms with Gasteiger partial charge in [0.15, 0.2) is 0 Å². The first-order valence-corrected chi connectivity index (χ1v) is 2.72. The van der Waals surface area contributed by atoms with Gasteiger partial charge in [0.2, 0.25) is 0 Å². The minimum atomic E-state index is 1.23. The molecule has 36 valence electrons. The topological polar surface area (TPSA) is 0 Å². The van der Waals surface area contributed by atoms with E-state index in [4.69, 9.17) is 0 Å². The van der Waals surface area contributed by atoms with Gasteiger partial charge in [0.1, 0.15) is 0 Å². The van der Waals surface area contributed by atoms with Crippen LogP contribution in [0.4, 0.5) is 0 Å². The molecule has 2 aliphatic carbocycles. The van der Waals surface area contributed by atoms with Gasteiger partial charge in [-0.05, 0) is 19.3 Å². The lowest BCUT2D eigenvalue weighted by atomic mass is 10.1. The summed E-state index contributed by atoms with van der Waals surface area (Å²) in [6, 6.07) is 0. The summed E-state index contributed by atoms with van der Waals surface area (Å²) in [5, 5.41) is 0. The van der Waals surface area contributed by atoms with E-state index >= 15 is 0 Å². The first-order valence-electron chi connectivity index (χ1n) is 2.72. The third kappa shape index (κ3) is 0.365. The maximum Gasteiger partial charge on any atom is -0.00962 e. The molecule has 0 aromatic carbocycles. The summed E-state index contributed by atoms with van der Waals surface area (Å²) in [7, 11) is 0. The van der Waals surface area contributed by atoms with E-state index in [9.17, 15) is 0 Å². The van der Waals surface area contributed by atoms with Gasteiger partial charge in [0, 0.05) is 0 Å². The molecule has 0 spiro atoms. The van der Waals surface area contributed by atoms with Crippen LogP contribution in [0.1, 0.15) is 19.3 Å². The van der Waals surface area contributed by atoms with Gasteiger partial charge in [-0.25, -0.2) is 0 Å². The normalized spacial score (nSPS) is 26.0. The molecule has 0 bridgehead atoms. The molecule has 2 rings (SSSR count). The lowest BCUT2D eigenvalue weighted by Crippen LogP contribution is -1.74. The third-order valence-corrected chi connectivity index (χ3v) is 1.73. The quantitative estimate of drug-likeness (QED) is 0.401. The Balaban J connectivity index is 2.27. The second-order valence-electron chi connectivity index (χ2n) is 2.49. The fourth-order valence-corrected chi connectivity index (χ4v) is 1.25. The van der Waals surface area contributed by atoms with Crippen molar-refractivity contribution in [2.75, 3.05) is 0 Å². The van der Waals surface area contributed by atoms with Crippen molar-refractivity contribution in [3.05, 3.63) is 23.3 Å². The van der Waals surface area contributed by atoms with E-state index in [0.29, 0.717) is 0 Å². The molecule has 0 heterocycles. The molecule has 0 aliphatic heterocycles. The predicted octanol–water partition coefficient (Wildman–Crippen LogP) is 2.04. The molecule has 0 saturated carbocycles. The third-order valence-electron chi connectivity index (χ3n) is 1.73. The molecule has 0 heteroatoms. The summed E-state index contributed by atoms with van der Waals surface area (Å²) in [6.45, 7) is 3.89. The van der Waals surface area contributed by atoms with Gasteiger partial charge >= 0.3 is 0 Å². The summed E-state index contributed by atoms with van der Waals surface area (Å²) in [4.78, 5) is 0. The molecule has 0 radical (unpaired) electrons. The second-order valence-corrected chi connectivity index (χ2v) is 2.49. The molecule has 0 fully saturated rings. The summed E-state index contributed by atoms with van der Waals surface area (Å²) in [5.74, 6) is 0. The maximum absolute atomic E-state index is 3.89. The van der Waals surface area contributed by atoms with Crippen molar-refractivity contribution >= 4 is 0 Å². The highest BCUT2D eigenvalue weighted by atomic mass is 14.3. The van der Waals surface area contributed by atoms with Crippen molar-refractivity contribution in [3.8, 4) is 0 Å². The summed E-state index contributed by atoms with van der Waals surface area (Å²) in [6.07, 6.45) is 3.81. The molecule has 0 aromatic heterocycles. The maximum atomic E-state index is 3.89. The Labute approximate surface area is 43.5 Å². The average Bonchev–Trinajstić information content (AvgIpc) is 2.15. The van der Waals surface area contributed by atoms with Crippen molar-refractivity contribution in [2.24, 2.45) is 0 Å². The Kier molecular flexibility index (Phi) is 0.415. The zero-order chi connectivity index (χ0) is 4.85. The standard InChI is InChI=1S/C7H8/c1-5-2-6-4-7(6)3-5/h1-4H2. The van der Waals surface area contributed by atoms with Crippen molar-refractivity contribution < 1.29 is 0 Å². The van der Waals surface area contributed by atoms with Crippen LogP contribution >= 0.6 is 0 Å². The monoisotopic (exact) mass is 92.1 g/mol. The van der Waals surface area contributed by atoms with Crippen LogP contribution in [-0.4, -0.2) is 0 Å². The molecular formula is C7H8. The van der Waals surface area contributed by atoms with E-state index in [2.05, 4.69) is 6.58 Å². The highest BCUT2D eigenvalue weighted by molar-refractivity contribution is 5.46. The smallest absolute Gasteiger partial charge is 0.00962 e. The first kappa shape index (κ1) is 3.48. The molecular weight excluding hydrogens is 84.1 g/mol. The SMILES string of the molecule is C=C1CC2=C(C1)C2. The Morgan fingerprint density at radius 2 is 1.57 bits per heavy atom. The van der Waals surface area contributed by atoms with Crippen LogP contribution in [0, 0.1) is 0 Å². The molecule has 0 amide bonds. The van der Waals surface area contributed by atoms with Crippen molar-refractivity contribution in [1.82, 2.24) is 0 Å². The predicted molar refractivity (Wildman–Crippen MR) is 30.0 cm³/mol. The van der Waals surface area contributed by atoms with Gasteiger partial charge in [-0.1, -0.05) is 23.3 Å². The fourth-order valence-electron chi connectivity index (χ4n) is 1.25. The summed E-state index contributed by atoms with van der Waals surface area (Å²) in [5.41, 5.74) is 4.80. The van der Waals surface area contributed by atoms with Crippen LogP contribution in [0.5, 0.6) is 0 Å². The number of allylic oxidation sites excluding steroid dienone is 3. The van der Waals surface area contributed by atoms with Gasteiger partial charge in [0.05, 0.1) is 0 Å². The lowest BCUT2D eigenvalue weighted by Gasteiger charge is -1.93. The fraction of sp³-hybridized carbons (Fsp3) is 0.429. The van der Waals surface area contributed by atoms with E-state index in [1.807, 2.05) is 0 Å². The van der Waals surface area contributed by atoms with Gasteiger partial charge < -0.3 is 0 Å². The number of hydrogen-bond donors (Lipinski definition) is 0. The van der Waals surface area contributed by atoms with E-state index in [-0.39, 0.29) is 0 Å². The Morgan fingerprint density at radius 1 is 1.00 bits per heavy atom. The van der Waals surface area contributed by atoms with Gasteiger partial charge in [-0.2, -0.15) is 0 Å². The van der Waals surface area contributed by atoms with Crippen LogP contribution in [0.3, 0.4) is 0 Å². The van der Waals surface area contributed by atoms with Crippen LogP contribution in [0.15, 0.2) is 23.3 Å². The lowest BCUT2D eigenvalue weighted by molar-refractivity contribution is 1.06. The van der Waals surface area contributed by atoms with Gasteiger partial charge in [0.25, 0.3) is 0 Å². The van der Waals surface area contributed by atoms with Crippen molar-refractivity contribution in [1.29, 1.82) is 0 Å². The molecule has 0 saturated heterocycles. The van der Waals surface area contributed by atoms with E-state index in [1.54, 1.807) is 11.1 Å². The summed E-state index contributed by atoms with van der Waals surface area (Å²) >= 11 is 0. The molecule has 7 heavy (non-hydrogen) atoms. The van der Waals surface area contributed by atoms with E-state index in [1.165, 1.54) is 24.8 Å². The highest BCUT2D eigenvalue weighted by Gasteiger charge is 2.27. The first-order chi connectivity index (χ1) is 3.36. The highest BCUT2D eigenvalue weighted by Crippen LogP contribution is 2.46. The van der Waals surface area contributed by atoms with E-state index in [0.717, 1.165) is 0 Å². The van der Waals surface area contributed by atoms with Crippen LogP contribution in [0.2, 0.25) is 0 Å². The molecule has 0 unspecified atom stereocenters. The van der Waals surface area contributed by atoms with Crippen LogP contribution in [-0.2, 0) is 0 Å². The molecule has 0 nitrogen and oxygen atoms in total. The largest absolute Gasteiger partial charge is 0.0992 e. The van der Waals surface area contributed by atoms with Gasteiger partial charge in [-0.15, -0.1) is 0 Å². The zero-order valence-corrected chi connectivity index (χ0v) is 4.33. The Hall–Kier alpha value is -0.520. The minimum Gasteiger partial charge on any atom is -0.0992 e. The molecule has 0 atom stereocenters. The molecule has 2 aliphatic rings. The van der Waals surface area contributed by atoms with Gasteiger partial charge in [-0.3, -0.25) is 0 Å².